The number of rotatable bonds is 8. The van der Waals surface area contributed by atoms with Crippen LogP contribution in [-0.4, -0.2) is 35.5 Å². The van der Waals surface area contributed by atoms with Gasteiger partial charge in [-0.3, -0.25) is 19.7 Å². The van der Waals surface area contributed by atoms with E-state index in [-0.39, 0.29) is 34.1 Å². The third-order valence-corrected chi connectivity index (χ3v) is 4.62. The largest absolute Gasteiger partial charge is 0.423 e. The number of amides is 2. The van der Waals surface area contributed by atoms with Crippen molar-refractivity contribution in [1.82, 2.24) is 10.7 Å². The van der Waals surface area contributed by atoms with Gasteiger partial charge in [0.1, 0.15) is 5.75 Å². The van der Waals surface area contributed by atoms with Crippen LogP contribution in [0.1, 0.15) is 26.3 Å². The van der Waals surface area contributed by atoms with Crippen LogP contribution >= 0.6 is 11.6 Å². The number of halogens is 1. The van der Waals surface area contributed by atoms with Crippen molar-refractivity contribution in [1.29, 1.82) is 0 Å². The Labute approximate surface area is 198 Å². The molecule has 172 valence electrons. The third kappa shape index (κ3) is 6.71. The second kappa shape index (κ2) is 11.3. The van der Waals surface area contributed by atoms with Crippen LogP contribution < -0.4 is 15.5 Å². The minimum absolute atomic E-state index is 0.0272. The zero-order valence-electron chi connectivity index (χ0n) is 17.4. The second-order valence-corrected chi connectivity index (χ2v) is 7.13. The van der Waals surface area contributed by atoms with Crippen LogP contribution in [0, 0.1) is 10.1 Å². The highest BCUT2D eigenvalue weighted by Crippen LogP contribution is 2.18. The van der Waals surface area contributed by atoms with Crippen molar-refractivity contribution >= 4 is 41.3 Å². The fourth-order valence-corrected chi connectivity index (χ4v) is 2.91. The van der Waals surface area contributed by atoms with Crippen LogP contribution in [0.15, 0.2) is 77.9 Å². The third-order valence-electron chi connectivity index (χ3n) is 4.29. The summed E-state index contributed by atoms with van der Waals surface area (Å²) in [5.74, 6) is -1.65. The lowest BCUT2D eigenvalue weighted by Crippen LogP contribution is -2.35. The van der Waals surface area contributed by atoms with E-state index < -0.39 is 22.7 Å². The first-order chi connectivity index (χ1) is 16.3. The first kappa shape index (κ1) is 24.1. The molecular formula is C23H17ClN4O6. The molecule has 0 aromatic heterocycles. The van der Waals surface area contributed by atoms with Gasteiger partial charge in [-0.2, -0.15) is 5.10 Å². The van der Waals surface area contributed by atoms with Crippen LogP contribution in [0.25, 0.3) is 0 Å². The molecule has 0 atom stereocenters. The number of ether oxygens (including phenoxy) is 1. The summed E-state index contributed by atoms with van der Waals surface area (Å²) in [6.07, 6.45) is 1.32. The van der Waals surface area contributed by atoms with Gasteiger partial charge in [-0.1, -0.05) is 41.9 Å². The Morgan fingerprint density at radius 3 is 2.56 bits per heavy atom. The van der Waals surface area contributed by atoms with E-state index in [1.54, 1.807) is 30.3 Å². The Kier molecular flexibility index (Phi) is 8.03. The van der Waals surface area contributed by atoms with Crippen LogP contribution in [0.2, 0.25) is 5.02 Å². The van der Waals surface area contributed by atoms with Gasteiger partial charge in [-0.05, 0) is 35.9 Å². The fourth-order valence-electron chi connectivity index (χ4n) is 2.69. The van der Waals surface area contributed by atoms with Crippen molar-refractivity contribution in [3.8, 4) is 5.75 Å². The van der Waals surface area contributed by atoms with Gasteiger partial charge < -0.3 is 10.1 Å². The lowest BCUT2D eigenvalue weighted by Gasteiger charge is -2.06. The summed E-state index contributed by atoms with van der Waals surface area (Å²) < 4.78 is 5.25. The number of nitro benzene ring substituents is 1. The Balaban J connectivity index is 1.53. The quantitative estimate of drug-likeness (QED) is 0.166. The molecule has 0 saturated carbocycles. The van der Waals surface area contributed by atoms with E-state index in [0.717, 1.165) is 6.07 Å². The predicted molar refractivity (Wildman–Crippen MR) is 124 cm³/mol. The first-order valence-electron chi connectivity index (χ1n) is 9.75. The van der Waals surface area contributed by atoms with Crippen molar-refractivity contribution in [3.63, 3.8) is 0 Å². The summed E-state index contributed by atoms with van der Waals surface area (Å²) in [7, 11) is 0. The standard InChI is InChI=1S/C23H17ClN4O6/c24-20-10-2-1-9-19(20)22(30)25-14-21(29)27-26-13-15-5-3-8-18(11-15)34-23(31)16-6-4-7-17(12-16)28(32)33/h1-13H,14H2,(H,25,30)(H,27,29). The molecule has 2 amide bonds. The van der Waals surface area contributed by atoms with Gasteiger partial charge in [0.05, 0.1) is 33.8 Å². The molecule has 2 N–H and O–H groups in total. The molecule has 0 bridgehead atoms. The number of esters is 1. The van der Waals surface area contributed by atoms with Gasteiger partial charge in [-0.15, -0.1) is 0 Å². The van der Waals surface area contributed by atoms with Crippen molar-refractivity contribution in [2.75, 3.05) is 6.54 Å². The van der Waals surface area contributed by atoms with E-state index in [9.17, 15) is 24.5 Å². The highest BCUT2D eigenvalue weighted by molar-refractivity contribution is 6.33. The summed E-state index contributed by atoms with van der Waals surface area (Å²) in [4.78, 5) is 46.5. The predicted octanol–water partition coefficient (Wildman–Crippen LogP) is 3.35. The van der Waals surface area contributed by atoms with Gasteiger partial charge in [0.15, 0.2) is 0 Å². The zero-order valence-corrected chi connectivity index (χ0v) is 18.2. The average molecular weight is 481 g/mol. The molecule has 0 aliphatic heterocycles. The Hall–Kier alpha value is -4.57. The van der Waals surface area contributed by atoms with Gasteiger partial charge in [0, 0.05) is 12.1 Å². The maximum Gasteiger partial charge on any atom is 0.343 e. The summed E-state index contributed by atoms with van der Waals surface area (Å²) >= 11 is 5.94. The Morgan fingerprint density at radius 2 is 1.79 bits per heavy atom. The van der Waals surface area contributed by atoms with E-state index >= 15 is 0 Å². The molecule has 0 radical (unpaired) electrons. The molecule has 11 heteroatoms. The van der Waals surface area contributed by atoms with E-state index in [1.165, 1.54) is 42.6 Å². The number of nitrogens with zero attached hydrogens (tertiary/aromatic N) is 2. The number of non-ortho nitro benzene ring substituents is 1. The minimum atomic E-state index is -0.764. The van der Waals surface area contributed by atoms with Gasteiger partial charge in [0.2, 0.25) is 0 Å². The number of nitro groups is 1. The van der Waals surface area contributed by atoms with Gasteiger partial charge in [0.25, 0.3) is 17.5 Å². The maximum atomic E-state index is 12.3. The molecule has 3 aromatic carbocycles. The normalized spacial score (nSPS) is 10.5. The number of nitrogens with one attached hydrogen (secondary N) is 2. The molecular weight excluding hydrogens is 464 g/mol. The monoisotopic (exact) mass is 480 g/mol. The summed E-state index contributed by atoms with van der Waals surface area (Å²) in [6, 6.07) is 17.9. The smallest absolute Gasteiger partial charge is 0.343 e. The van der Waals surface area contributed by atoms with E-state index in [1.807, 2.05) is 0 Å². The van der Waals surface area contributed by atoms with E-state index in [2.05, 4.69) is 15.8 Å². The topological polar surface area (TPSA) is 140 Å². The Bertz CT molecular complexity index is 1280. The van der Waals surface area contributed by atoms with E-state index in [4.69, 9.17) is 16.3 Å². The number of hydrazone groups is 1. The lowest BCUT2D eigenvalue weighted by molar-refractivity contribution is -0.384. The van der Waals surface area contributed by atoms with Crippen molar-refractivity contribution in [2.24, 2.45) is 5.10 Å². The maximum absolute atomic E-state index is 12.3. The molecule has 3 aromatic rings. The van der Waals surface area contributed by atoms with Gasteiger partial charge >= 0.3 is 5.97 Å². The van der Waals surface area contributed by atoms with Crippen molar-refractivity contribution in [2.45, 2.75) is 0 Å². The highest BCUT2D eigenvalue weighted by atomic mass is 35.5. The average Bonchev–Trinajstić information content (AvgIpc) is 2.83. The zero-order chi connectivity index (χ0) is 24.5. The molecule has 0 aliphatic carbocycles. The summed E-state index contributed by atoms with van der Waals surface area (Å²) in [5, 5.41) is 17.4. The number of carbonyl (C=O) groups is 3. The molecule has 0 aliphatic rings. The molecule has 0 heterocycles. The summed E-state index contributed by atoms with van der Waals surface area (Å²) in [6.45, 7) is -0.317. The number of hydrogen-bond acceptors (Lipinski definition) is 7. The minimum Gasteiger partial charge on any atom is -0.423 e. The molecule has 0 spiro atoms. The van der Waals surface area contributed by atoms with E-state index in [0.29, 0.717) is 5.56 Å². The lowest BCUT2D eigenvalue weighted by atomic mass is 10.2. The van der Waals surface area contributed by atoms with Crippen LogP contribution in [-0.2, 0) is 4.79 Å². The highest BCUT2D eigenvalue weighted by Gasteiger charge is 2.14. The van der Waals surface area contributed by atoms with Gasteiger partial charge in [-0.25, -0.2) is 10.2 Å². The number of benzene rings is 3. The molecule has 34 heavy (non-hydrogen) atoms. The number of hydrogen-bond donors (Lipinski definition) is 2. The molecule has 10 nitrogen and oxygen atoms in total. The fraction of sp³-hybridized carbons (Fsp3) is 0.0435. The first-order valence-corrected chi connectivity index (χ1v) is 10.1. The van der Waals surface area contributed by atoms with Crippen molar-refractivity contribution < 1.29 is 24.0 Å². The van der Waals surface area contributed by atoms with Crippen LogP contribution in [0.4, 0.5) is 5.69 Å². The second-order valence-electron chi connectivity index (χ2n) is 6.73. The summed E-state index contributed by atoms with van der Waals surface area (Å²) in [5.41, 5.74) is 2.82. The molecule has 0 saturated heterocycles. The Morgan fingerprint density at radius 1 is 1.03 bits per heavy atom. The van der Waals surface area contributed by atoms with Crippen molar-refractivity contribution in [3.05, 3.63) is 105 Å². The van der Waals surface area contributed by atoms with Crippen LogP contribution in [0.5, 0.6) is 5.75 Å². The number of carbonyl (C=O) groups excluding carboxylic acids is 3. The SMILES string of the molecule is O=C(CNC(=O)c1ccccc1Cl)NN=Cc1cccc(OC(=O)c2cccc([N+](=O)[O-])c2)c1. The van der Waals surface area contributed by atoms with Crippen LogP contribution in [0.3, 0.4) is 0 Å². The molecule has 0 fully saturated rings. The molecule has 0 unspecified atom stereocenters. The molecule has 3 rings (SSSR count).